The zero-order valence-electron chi connectivity index (χ0n) is 12.1. The van der Waals surface area contributed by atoms with Crippen molar-refractivity contribution in [1.82, 2.24) is 0 Å². The van der Waals surface area contributed by atoms with Crippen LogP contribution in [0.15, 0.2) is 24.3 Å². The van der Waals surface area contributed by atoms with Gasteiger partial charge in [-0.15, -0.1) is 0 Å². The summed E-state index contributed by atoms with van der Waals surface area (Å²) in [7, 11) is 0. The zero-order valence-corrected chi connectivity index (χ0v) is 12.1. The average Bonchev–Trinajstić information content (AvgIpc) is 2.87. The first-order chi connectivity index (χ1) is 9.54. The van der Waals surface area contributed by atoms with Gasteiger partial charge in [-0.25, -0.2) is 4.39 Å². The molecule has 1 aliphatic carbocycles. The Morgan fingerprint density at radius 1 is 1.30 bits per heavy atom. The molecule has 1 aromatic carbocycles. The molecule has 0 amide bonds. The fraction of sp³-hybridized carbons (Fsp3) is 0.647. The lowest BCUT2D eigenvalue weighted by molar-refractivity contribution is -0.139. The van der Waals surface area contributed by atoms with Crippen molar-refractivity contribution in [2.75, 3.05) is 6.61 Å². The van der Waals surface area contributed by atoms with Crippen LogP contribution >= 0.6 is 0 Å². The third kappa shape index (κ3) is 2.38. The molecule has 1 heterocycles. The molecule has 1 saturated carbocycles. The van der Waals surface area contributed by atoms with Gasteiger partial charge in [0.2, 0.25) is 0 Å². The van der Waals surface area contributed by atoms with E-state index in [9.17, 15) is 9.50 Å². The fourth-order valence-corrected chi connectivity index (χ4v) is 3.97. The zero-order chi connectivity index (χ0) is 14.2. The van der Waals surface area contributed by atoms with Crippen molar-refractivity contribution >= 4 is 0 Å². The molecule has 1 spiro atoms. The number of hydrogen-bond donors (Lipinski definition) is 1. The molecule has 1 saturated heterocycles. The molecule has 0 bridgehead atoms. The monoisotopic (exact) mass is 278 g/mol. The minimum atomic E-state index is -1.12. The second-order valence-corrected chi connectivity index (χ2v) is 6.56. The normalized spacial score (nSPS) is 28.4. The Hall–Kier alpha value is -0.930. The maximum absolute atomic E-state index is 14.0. The van der Waals surface area contributed by atoms with Gasteiger partial charge < -0.3 is 9.84 Å². The smallest absolute Gasteiger partial charge is 0.129 e. The highest BCUT2D eigenvalue weighted by molar-refractivity contribution is 5.25. The Balaban J connectivity index is 1.85. The van der Waals surface area contributed by atoms with E-state index in [4.69, 9.17) is 4.74 Å². The predicted molar refractivity (Wildman–Crippen MR) is 75.8 cm³/mol. The minimum absolute atomic E-state index is 0.0574. The van der Waals surface area contributed by atoms with E-state index in [0.717, 1.165) is 25.7 Å². The van der Waals surface area contributed by atoms with Gasteiger partial charge in [0.25, 0.3) is 0 Å². The number of ether oxygens (including phenoxy) is 1. The fourth-order valence-electron chi connectivity index (χ4n) is 3.97. The van der Waals surface area contributed by atoms with Gasteiger partial charge in [0, 0.05) is 12.2 Å². The third-order valence-electron chi connectivity index (χ3n) is 5.22. The molecule has 2 aliphatic rings. The molecule has 3 heteroatoms. The molecular formula is C17H23FO2. The summed E-state index contributed by atoms with van der Waals surface area (Å²) < 4.78 is 20.0. The third-order valence-corrected chi connectivity index (χ3v) is 5.22. The molecule has 0 aromatic heterocycles. The summed E-state index contributed by atoms with van der Waals surface area (Å²) in [6.07, 6.45) is 6.20. The molecule has 1 N–H and O–H groups in total. The quantitative estimate of drug-likeness (QED) is 0.892. The Labute approximate surface area is 120 Å². The van der Waals surface area contributed by atoms with Crippen molar-refractivity contribution < 1.29 is 14.2 Å². The van der Waals surface area contributed by atoms with Crippen molar-refractivity contribution in [2.45, 2.75) is 56.7 Å². The van der Waals surface area contributed by atoms with E-state index >= 15 is 0 Å². The van der Waals surface area contributed by atoms with Gasteiger partial charge in [-0.05, 0) is 44.6 Å². The summed E-state index contributed by atoms with van der Waals surface area (Å²) in [6, 6.07) is 6.58. The Kier molecular flexibility index (Phi) is 3.59. The van der Waals surface area contributed by atoms with Crippen LogP contribution in [-0.2, 0) is 10.3 Å². The van der Waals surface area contributed by atoms with Crippen LogP contribution in [0.1, 0.15) is 51.0 Å². The molecule has 2 atom stereocenters. The largest absolute Gasteiger partial charge is 0.385 e. The standard InChI is InChI=1S/C17H23FO2/c1-16(19,14-6-2-3-7-15(14)18)13-8-11-20-17(12-13)9-4-5-10-17/h2-3,6-7,13,19H,4-5,8-12H2,1H3. The molecule has 1 aliphatic heterocycles. The van der Waals surface area contributed by atoms with Gasteiger partial charge in [-0.2, -0.15) is 0 Å². The van der Waals surface area contributed by atoms with Gasteiger partial charge >= 0.3 is 0 Å². The van der Waals surface area contributed by atoms with Crippen LogP contribution < -0.4 is 0 Å². The SMILES string of the molecule is CC(O)(c1ccccc1F)C1CCOC2(CCCC2)C1. The van der Waals surface area contributed by atoms with E-state index in [1.54, 1.807) is 25.1 Å². The second-order valence-electron chi connectivity index (χ2n) is 6.56. The lowest BCUT2D eigenvalue weighted by Crippen LogP contribution is -2.45. The maximum atomic E-state index is 14.0. The lowest BCUT2D eigenvalue weighted by atomic mass is 9.73. The summed E-state index contributed by atoms with van der Waals surface area (Å²) in [6.45, 7) is 2.43. The molecule has 2 unspecified atom stereocenters. The maximum Gasteiger partial charge on any atom is 0.129 e. The Morgan fingerprint density at radius 3 is 2.70 bits per heavy atom. The predicted octanol–water partition coefficient (Wildman–Crippen LogP) is 3.77. The Bertz CT molecular complexity index is 478. The van der Waals surface area contributed by atoms with Crippen molar-refractivity contribution in [3.63, 3.8) is 0 Å². The molecule has 1 aromatic rings. The number of halogens is 1. The minimum Gasteiger partial charge on any atom is -0.385 e. The van der Waals surface area contributed by atoms with Crippen LogP contribution in [0.25, 0.3) is 0 Å². The highest BCUT2D eigenvalue weighted by Gasteiger charge is 2.46. The lowest BCUT2D eigenvalue weighted by Gasteiger charge is -2.44. The molecule has 3 rings (SSSR count). The van der Waals surface area contributed by atoms with E-state index in [2.05, 4.69) is 0 Å². The average molecular weight is 278 g/mol. The van der Waals surface area contributed by atoms with E-state index in [1.807, 2.05) is 0 Å². The van der Waals surface area contributed by atoms with Gasteiger partial charge in [-0.1, -0.05) is 31.0 Å². The molecule has 2 nitrogen and oxygen atoms in total. The van der Waals surface area contributed by atoms with Crippen molar-refractivity contribution in [1.29, 1.82) is 0 Å². The second kappa shape index (κ2) is 5.12. The summed E-state index contributed by atoms with van der Waals surface area (Å²) in [4.78, 5) is 0. The molecule has 0 radical (unpaired) electrons. The first kappa shape index (κ1) is 14.0. The summed E-state index contributed by atoms with van der Waals surface area (Å²) in [5.41, 5.74) is -0.761. The molecule has 20 heavy (non-hydrogen) atoms. The van der Waals surface area contributed by atoms with Gasteiger partial charge in [0.15, 0.2) is 0 Å². The van der Waals surface area contributed by atoms with Crippen LogP contribution in [0, 0.1) is 11.7 Å². The molecule has 110 valence electrons. The van der Waals surface area contributed by atoms with Crippen LogP contribution in [0.3, 0.4) is 0 Å². The van der Waals surface area contributed by atoms with E-state index < -0.39 is 5.60 Å². The van der Waals surface area contributed by atoms with Crippen molar-refractivity contribution in [3.05, 3.63) is 35.6 Å². The first-order valence-electron chi connectivity index (χ1n) is 7.65. The van der Waals surface area contributed by atoms with E-state index in [0.29, 0.717) is 12.2 Å². The molecule has 2 fully saturated rings. The van der Waals surface area contributed by atoms with Crippen molar-refractivity contribution in [3.8, 4) is 0 Å². The number of hydrogen-bond acceptors (Lipinski definition) is 2. The highest BCUT2D eigenvalue weighted by atomic mass is 19.1. The summed E-state index contributed by atoms with van der Waals surface area (Å²) in [5, 5.41) is 10.9. The number of rotatable bonds is 2. The van der Waals surface area contributed by atoms with Crippen LogP contribution in [0.5, 0.6) is 0 Å². The summed E-state index contributed by atoms with van der Waals surface area (Å²) >= 11 is 0. The van der Waals surface area contributed by atoms with Crippen molar-refractivity contribution in [2.24, 2.45) is 5.92 Å². The van der Waals surface area contributed by atoms with Gasteiger partial charge in [-0.3, -0.25) is 0 Å². The number of benzene rings is 1. The Morgan fingerprint density at radius 2 is 2.00 bits per heavy atom. The van der Waals surface area contributed by atoms with E-state index in [-0.39, 0.29) is 17.3 Å². The molecular weight excluding hydrogens is 255 g/mol. The summed E-state index contributed by atoms with van der Waals surface area (Å²) in [5.74, 6) is -0.254. The van der Waals surface area contributed by atoms with Gasteiger partial charge in [0.05, 0.1) is 11.2 Å². The highest BCUT2D eigenvalue weighted by Crippen LogP contribution is 2.47. The topological polar surface area (TPSA) is 29.5 Å². The van der Waals surface area contributed by atoms with Crippen LogP contribution in [-0.4, -0.2) is 17.3 Å². The van der Waals surface area contributed by atoms with Gasteiger partial charge in [0.1, 0.15) is 5.82 Å². The van der Waals surface area contributed by atoms with E-state index in [1.165, 1.54) is 18.9 Å². The number of aliphatic hydroxyl groups is 1. The van der Waals surface area contributed by atoms with Crippen LogP contribution in [0.2, 0.25) is 0 Å². The van der Waals surface area contributed by atoms with Crippen LogP contribution in [0.4, 0.5) is 4.39 Å². The first-order valence-corrected chi connectivity index (χ1v) is 7.65.